The highest BCUT2D eigenvalue weighted by Gasteiger charge is 2.23. The zero-order valence-corrected chi connectivity index (χ0v) is 16.4. The van der Waals surface area contributed by atoms with Gasteiger partial charge in [-0.15, -0.1) is 0 Å². The van der Waals surface area contributed by atoms with E-state index in [1.54, 1.807) is 0 Å². The van der Waals surface area contributed by atoms with Crippen molar-refractivity contribution in [3.8, 4) is 0 Å². The summed E-state index contributed by atoms with van der Waals surface area (Å²) in [6.07, 6.45) is 4.65. The van der Waals surface area contributed by atoms with E-state index in [1.165, 1.54) is 17.5 Å². The second-order valence-electron chi connectivity index (χ2n) is 7.64. The van der Waals surface area contributed by atoms with E-state index in [0.717, 1.165) is 51.4 Å². The van der Waals surface area contributed by atoms with E-state index in [1.807, 2.05) is 29.0 Å². The Morgan fingerprint density at radius 2 is 1.78 bits per heavy atom. The summed E-state index contributed by atoms with van der Waals surface area (Å²) >= 11 is 0. The van der Waals surface area contributed by atoms with E-state index >= 15 is 0 Å². The molecule has 0 aromatic heterocycles. The highest BCUT2D eigenvalue weighted by atomic mass is 16.2. The summed E-state index contributed by atoms with van der Waals surface area (Å²) in [6.45, 7) is 4.54. The molecular formula is C21H32N4O2. The lowest BCUT2D eigenvalue weighted by atomic mass is 9.93. The summed E-state index contributed by atoms with van der Waals surface area (Å²) in [4.78, 5) is 28.6. The molecule has 1 saturated heterocycles. The van der Waals surface area contributed by atoms with E-state index in [9.17, 15) is 9.59 Å². The molecule has 6 nitrogen and oxygen atoms in total. The number of likely N-dealkylation sites (tertiary alicyclic amines) is 1. The lowest BCUT2D eigenvalue weighted by Gasteiger charge is -2.32. The first-order chi connectivity index (χ1) is 13.2. The number of carbonyl (C=O) groups is 2. The molecule has 27 heavy (non-hydrogen) atoms. The van der Waals surface area contributed by atoms with E-state index in [-0.39, 0.29) is 11.9 Å². The Labute approximate surface area is 162 Å². The maximum atomic E-state index is 12.4. The molecule has 0 radical (unpaired) electrons. The van der Waals surface area contributed by atoms with Crippen LogP contribution in [0.5, 0.6) is 0 Å². The van der Waals surface area contributed by atoms with Crippen LogP contribution >= 0.6 is 0 Å². The van der Waals surface area contributed by atoms with Gasteiger partial charge in [-0.25, -0.2) is 4.79 Å². The number of amides is 3. The van der Waals surface area contributed by atoms with Crippen LogP contribution in [0.15, 0.2) is 24.3 Å². The lowest BCUT2D eigenvalue weighted by Crippen LogP contribution is -2.44. The zero-order chi connectivity index (χ0) is 19.1. The van der Waals surface area contributed by atoms with Gasteiger partial charge in [-0.05, 0) is 56.3 Å². The number of benzene rings is 1. The Kier molecular flexibility index (Phi) is 7.10. The van der Waals surface area contributed by atoms with Crippen molar-refractivity contribution in [2.24, 2.45) is 5.92 Å². The number of carbonyl (C=O) groups excluding carboxylic acids is 2. The fourth-order valence-electron chi connectivity index (χ4n) is 4.03. The molecule has 0 bridgehead atoms. The predicted octanol–water partition coefficient (Wildman–Crippen LogP) is 1.99. The van der Waals surface area contributed by atoms with Crippen LogP contribution in [-0.2, 0) is 17.8 Å². The van der Waals surface area contributed by atoms with Crippen molar-refractivity contribution >= 4 is 11.9 Å². The smallest absolute Gasteiger partial charge is 0.317 e. The molecule has 3 rings (SSSR count). The molecule has 3 amide bonds. The largest absolute Gasteiger partial charge is 0.343 e. The highest BCUT2D eigenvalue weighted by Crippen LogP contribution is 2.20. The van der Waals surface area contributed by atoms with Crippen LogP contribution in [0.25, 0.3) is 0 Å². The number of nitrogens with zero attached hydrogens (tertiary/aromatic N) is 2. The van der Waals surface area contributed by atoms with Crippen LogP contribution < -0.4 is 10.6 Å². The standard InChI is InChI=1S/C21H32N4O2/c1-22-11-6-17-8-13-24(14-9-17)20(26)7-12-23-21(27)25-15-10-18-4-2-3-5-19(18)16-25/h2-5,17,22H,6-16H2,1H3,(H,23,27). The maximum Gasteiger partial charge on any atom is 0.317 e. The van der Waals surface area contributed by atoms with Crippen molar-refractivity contribution in [2.75, 3.05) is 39.8 Å². The second kappa shape index (κ2) is 9.74. The van der Waals surface area contributed by atoms with Gasteiger partial charge in [-0.2, -0.15) is 0 Å². The van der Waals surface area contributed by atoms with Crippen molar-refractivity contribution in [3.05, 3.63) is 35.4 Å². The molecule has 2 heterocycles. The quantitative estimate of drug-likeness (QED) is 0.803. The van der Waals surface area contributed by atoms with Crippen molar-refractivity contribution in [1.29, 1.82) is 0 Å². The van der Waals surface area contributed by atoms with Crippen LogP contribution in [0.2, 0.25) is 0 Å². The van der Waals surface area contributed by atoms with Crippen LogP contribution in [0.3, 0.4) is 0 Å². The topological polar surface area (TPSA) is 64.7 Å². The summed E-state index contributed by atoms with van der Waals surface area (Å²) in [6, 6.07) is 8.21. The number of fused-ring (bicyclic) bond motifs is 1. The molecule has 2 N–H and O–H groups in total. The van der Waals surface area contributed by atoms with Gasteiger partial charge in [-0.1, -0.05) is 24.3 Å². The van der Waals surface area contributed by atoms with E-state index < -0.39 is 0 Å². The molecule has 2 aliphatic heterocycles. The summed E-state index contributed by atoms with van der Waals surface area (Å²) in [5, 5.41) is 6.12. The van der Waals surface area contributed by atoms with Crippen molar-refractivity contribution in [2.45, 2.75) is 38.6 Å². The summed E-state index contributed by atoms with van der Waals surface area (Å²) < 4.78 is 0. The first kappa shape index (κ1) is 19.7. The van der Waals surface area contributed by atoms with Crippen LogP contribution in [0.4, 0.5) is 4.79 Å². The Bertz CT molecular complexity index is 641. The number of hydrogen-bond acceptors (Lipinski definition) is 3. The summed E-state index contributed by atoms with van der Waals surface area (Å²) in [5.74, 6) is 0.884. The average Bonchev–Trinajstić information content (AvgIpc) is 2.72. The fourth-order valence-corrected chi connectivity index (χ4v) is 4.03. The van der Waals surface area contributed by atoms with Crippen LogP contribution in [0.1, 0.15) is 36.8 Å². The minimum atomic E-state index is -0.0666. The number of hydrogen-bond donors (Lipinski definition) is 2. The third kappa shape index (κ3) is 5.45. The molecule has 0 saturated carbocycles. The van der Waals surface area contributed by atoms with Gasteiger partial charge in [-0.3, -0.25) is 4.79 Å². The zero-order valence-electron chi connectivity index (χ0n) is 16.4. The van der Waals surface area contributed by atoms with Crippen molar-refractivity contribution in [3.63, 3.8) is 0 Å². The predicted molar refractivity (Wildman–Crippen MR) is 106 cm³/mol. The van der Waals surface area contributed by atoms with E-state index in [0.29, 0.717) is 19.5 Å². The van der Waals surface area contributed by atoms with Gasteiger partial charge in [0.1, 0.15) is 0 Å². The second-order valence-corrected chi connectivity index (χ2v) is 7.64. The van der Waals surface area contributed by atoms with Gasteiger partial charge < -0.3 is 20.4 Å². The Hall–Kier alpha value is -2.08. The summed E-state index contributed by atoms with van der Waals surface area (Å²) in [7, 11) is 1.98. The summed E-state index contributed by atoms with van der Waals surface area (Å²) in [5.41, 5.74) is 2.55. The molecule has 1 fully saturated rings. The lowest BCUT2D eigenvalue weighted by molar-refractivity contribution is -0.132. The van der Waals surface area contributed by atoms with E-state index in [2.05, 4.69) is 22.8 Å². The molecule has 1 aromatic rings. The van der Waals surface area contributed by atoms with E-state index in [4.69, 9.17) is 0 Å². The molecule has 6 heteroatoms. The molecule has 2 aliphatic rings. The Morgan fingerprint density at radius 1 is 1.04 bits per heavy atom. The third-order valence-electron chi connectivity index (χ3n) is 5.80. The van der Waals surface area contributed by atoms with Gasteiger partial charge >= 0.3 is 6.03 Å². The molecule has 0 spiro atoms. The number of urea groups is 1. The SMILES string of the molecule is CNCCC1CCN(C(=O)CCNC(=O)N2CCc3ccccc3C2)CC1. The molecule has 0 unspecified atom stereocenters. The highest BCUT2D eigenvalue weighted by molar-refractivity contribution is 5.78. The normalized spacial score (nSPS) is 17.5. The Balaban J connectivity index is 1.35. The number of nitrogens with one attached hydrogen (secondary N) is 2. The molecule has 0 atom stereocenters. The molecule has 0 aliphatic carbocycles. The molecule has 1 aromatic carbocycles. The van der Waals surface area contributed by atoms with Crippen molar-refractivity contribution in [1.82, 2.24) is 20.4 Å². The average molecular weight is 373 g/mol. The minimum absolute atomic E-state index is 0.0666. The van der Waals surface area contributed by atoms with Gasteiger partial charge in [0.05, 0.1) is 0 Å². The van der Waals surface area contributed by atoms with Gasteiger partial charge in [0.25, 0.3) is 0 Å². The van der Waals surface area contributed by atoms with Gasteiger partial charge in [0.15, 0.2) is 0 Å². The van der Waals surface area contributed by atoms with Crippen molar-refractivity contribution < 1.29 is 9.59 Å². The maximum absolute atomic E-state index is 12.4. The fraction of sp³-hybridized carbons (Fsp3) is 0.619. The first-order valence-electron chi connectivity index (χ1n) is 10.2. The number of piperidine rings is 1. The van der Waals surface area contributed by atoms with Gasteiger partial charge in [0.2, 0.25) is 5.91 Å². The minimum Gasteiger partial charge on any atom is -0.343 e. The van der Waals surface area contributed by atoms with Gasteiger partial charge in [0, 0.05) is 39.1 Å². The molecular weight excluding hydrogens is 340 g/mol. The Morgan fingerprint density at radius 3 is 2.52 bits per heavy atom. The van der Waals surface area contributed by atoms with Crippen LogP contribution in [0, 0.1) is 5.92 Å². The monoisotopic (exact) mass is 372 g/mol. The number of rotatable bonds is 6. The third-order valence-corrected chi connectivity index (χ3v) is 5.80. The first-order valence-corrected chi connectivity index (χ1v) is 10.2. The molecule has 148 valence electrons. The van der Waals surface area contributed by atoms with Crippen LogP contribution in [-0.4, -0.2) is 61.5 Å².